The summed E-state index contributed by atoms with van der Waals surface area (Å²) in [5.74, 6) is 0.987. The summed E-state index contributed by atoms with van der Waals surface area (Å²) in [7, 11) is 0. The number of halogens is 1. The smallest absolute Gasteiger partial charge is 0.276 e. The number of ether oxygens (including phenoxy) is 1. The lowest BCUT2D eigenvalue weighted by Gasteiger charge is -2.08. The monoisotopic (exact) mass is 382 g/mol. The number of amides is 1. The molecule has 3 aromatic rings. The fourth-order valence-corrected chi connectivity index (χ4v) is 2.57. The molecule has 138 valence electrons. The van der Waals surface area contributed by atoms with Crippen molar-refractivity contribution in [1.82, 2.24) is 10.2 Å². The van der Waals surface area contributed by atoms with E-state index < -0.39 is 0 Å². The highest BCUT2D eigenvalue weighted by Gasteiger charge is 2.09. The van der Waals surface area contributed by atoms with Crippen molar-refractivity contribution >= 4 is 29.0 Å². The number of rotatable bonds is 7. The minimum atomic E-state index is -0.329. The maximum Gasteiger partial charge on any atom is 0.276 e. The third-order valence-corrected chi connectivity index (χ3v) is 4.11. The molecule has 0 unspecified atom stereocenters. The second-order valence-corrected chi connectivity index (χ2v) is 6.07. The molecule has 0 saturated heterocycles. The zero-order valence-corrected chi connectivity index (χ0v) is 15.5. The molecule has 7 heteroatoms. The minimum Gasteiger partial charge on any atom is -0.494 e. The van der Waals surface area contributed by atoms with Crippen molar-refractivity contribution in [3.63, 3.8) is 0 Å². The standard InChI is InChI=1S/C20H19ClN4O2/c1-2-27-16-9-7-15(8-10-16)23-20(26)18-11-12-19(25-24-18)22-13-14-5-3-4-6-17(14)21/h3-12H,2,13H2,1H3,(H,22,25)(H,23,26). The van der Waals surface area contributed by atoms with Crippen molar-refractivity contribution in [2.45, 2.75) is 13.5 Å². The lowest BCUT2D eigenvalue weighted by molar-refractivity contribution is 0.102. The number of carbonyl (C=O) groups excluding carboxylic acids is 1. The lowest BCUT2D eigenvalue weighted by atomic mass is 10.2. The van der Waals surface area contributed by atoms with E-state index in [0.29, 0.717) is 29.7 Å². The Hall–Kier alpha value is -3.12. The molecule has 27 heavy (non-hydrogen) atoms. The maximum absolute atomic E-state index is 12.3. The molecule has 1 heterocycles. The van der Waals surface area contributed by atoms with Gasteiger partial charge in [0, 0.05) is 17.3 Å². The van der Waals surface area contributed by atoms with Gasteiger partial charge in [-0.05, 0) is 55.0 Å². The van der Waals surface area contributed by atoms with E-state index in [4.69, 9.17) is 16.3 Å². The molecule has 1 amide bonds. The van der Waals surface area contributed by atoms with Crippen molar-refractivity contribution in [2.24, 2.45) is 0 Å². The molecule has 0 fully saturated rings. The fraction of sp³-hybridized carbons (Fsp3) is 0.150. The van der Waals surface area contributed by atoms with Crippen molar-refractivity contribution in [1.29, 1.82) is 0 Å². The van der Waals surface area contributed by atoms with E-state index >= 15 is 0 Å². The number of aromatic nitrogens is 2. The Balaban J connectivity index is 1.57. The Morgan fingerprint density at radius 3 is 2.48 bits per heavy atom. The fourth-order valence-electron chi connectivity index (χ4n) is 2.37. The predicted octanol–water partition coefficient (Wildman–Crippen LogP) is 4.39. The van der Waals surface area contributed by atoms with Gasteiger partial charge >= 0.3 is 0 Å². The molecule has 6 nitrogen and oxygen atoms in total. The number of nitrogens with one attached hydrogen (secondary N) is 2. The predicted molar refractivity (Wildman–Crippen MR) is 106 cm³/mol. The van der Waals surface area contributed by atoms with E-state index in [9.17, 15) is 4.79 Å². The summed E-state index contributed by atoms with van der Waals surface area (Å²) in [6.07, 6.45) is 0. The summed E-state index contributed by atoms with van der Waals surface area (Å²) in [5, 5.41) is 14.6. The SMILES string of the molecule is CCOc1ccc(NC(=O)c2ccc(NCc3ccccc3Cl)nn2)cc1. The molecule has 0 bridgehead atoms. The van der Waals surface area contributed by atoms with Crippen LogP contribution in [0.4, 0.5) is 11.5 Å². The minimum absolute atomic E-state index is 0.229. The molecule has 0 aliphatic carbocycles. The van der Waals surface area contributed by atoms with Crippen LogP contribution in [0.1, 0.15) is 23.0 Å². The molecule has 0 aliphatic rings. The van der Waals surface area contributed by atoms with Gasteiger partial charge in [0.2, 0.25) is 0 Å². The average Bonchev–Trinajstić information content (AvgIpc) is 2.69. The molecule has 0 saturated carbocycles. The van der Waals surface area contributed by atoms with Gasteiger partial charge in [-0.3, -0.25) is 4.79 Å². The highest BCUT2D eigenvalue weighted by molar-refractivity contribution is 6.31. The van der Waals surface area contributed by atoms with Crippen LogP contribution in [0.2, 0.25) is 5.02 Å². The topological polar surface area (TPSA) is 76.1 Å². The van der Waals surface area contributed by atoms with Crippen LogP contribution in [-0.2, 0) is 6.54 Å². The molecule has 3 rings (SSSR count). The van der Waals surface area contributed by atoms with Gasteiger partial charge in [-0.15, -0.1) is 10.2 Å². The number of anilines is 2. The number of hydrogen-bond acceptors (Lipinski definition) is 5. The van der Waals surface area contributed by atoms with Crippen LogP contribution >= 0.6 is 11.6 Å². The Kier molecular flexibility index (Phi) is 6.22. The van der Waals surface area contributed by atoms with Gasteiger partial charge in [0.25, 0.3) is 5.91 Å². The molecule has 2 aromatic carbocycles. The first-order valence-corrected chi connectivity index (χ1v) is 8.88. The van der Waals surface area contributed by atoms with Gasteiger partial charge in [0.05, 0.1) is 6.61 Å². The quantitative estimate of drug-likeness (QED) is 0.633. The third-order valence-electron chi connectivity index (χ3n) is 3.74. The summed E-state index contributed by atoms with van der Waals surface area (Å²) in [6, 6.07) is 18.0. The van der Waals surface area contributed by atoms with E-state index in [1.54, 1.807) is 36.4 Å². The molecular formula is C20H19ClN4O2. The highest BCUT2D eigenvalue weighted by Crippen LogP contribution is 2.17. The Labute approximate surface area is 162 Å². The largest absolute Gasteiger partial charge is 0.494 e. The zero-order valence-electron chi connectivity index (χ0n) is 14.8. The normalized spacial score (nSPS) is 10.3. The van der Waals surface area contributed by atoms with Gasteiger partial charge in [0.15, 0.2) is 5.69 Å². The van der Waals surface area contributed by atoms with E-state index in [1.807, 2.05) is 31.2 Å². The van der Waals surface area contributed by atoms with Gasteiger partial charge < -0.3 is 15.4 Å². The first-order chi connectivity index (χ1) is 13.2. The molecule has 1 aromatic heterocycles. The summed E-state index contributed by atoms with van der Waals surface area (Å²) in [4.78, 5) is 12.3. The molecular weight excluding hydrogens is 364 g/mol. The van der Waals surface area contributed by atoms with E-state index in [-0.39, 0.29) is 11.6 Å². The van der Waals surface area contributed by atoms with Crippen molar-refractivity contribution in [3.05, 3.63) is 76.9 Å². The van der Waals surface area contributed by atoms with Gasteiger partial charge in [0.1, 0.15) is 11.6 Å². The van der Waals surface area contributed by atoms with Crippen LogP contribution in [0, 0.1) is 0 Å². The summed E-state index contributed by atoms with van der Waals surface area (Å²) in [5.41, 5.74) is 1.84. The van der Waals surface area contributed by atoms with Crippen LogP contribution < -0.4 is 15.4 Å². The molecule has 0 spiro atoms. The Morgan fingerprint density at radius 1 is 1.04 bits per heavy atom. The first-order valence-electron chi connectivity index (χ1n) is 8.51. The first kappa shape index (κ1) is 18.7. The average molecular weight is 383 g/mol. The number of hydrogen-bond donors (Lipinski definition) is 2. The van der Waals surface area contributed by atoms with E-state index in [0.717, 1.165) is 11.3 Å². The van der Waals surface area contributed by atoms with Gasteiger partial charge in [-0.1, -0.05) is 29.8 Å². The summed E-state index contributed by atoms with van der Waals surface area (Å²) in [6.45, 7) is 3.03. The number of benzene rings is 2. The van der Waals surface area contributed by atoms with Gasteiger partial charge in [-0.2, -0.15) is 0 Å². The second-order valence-electron chi connectivity index (χ2n) is 5.66. The second kappa shape index (κ2) is 9.00. The maximum atomic E-state index is 12.3. The van der Waals surface area contributed by atoms with E-state index in [1.165, 1.54) is 0 Å². The molecule has 0 radical (unpaired) electrons. The van der Waals surface area contributed by atoms with Crippen LogP contribution in [0.15, 0.2) is 60.7 Å². The number of nitrogens with zero attached hydrogens (tertiary/aromatic N) is 2. The third kappa shape index (κ3) is 5.18. The van der Waals surface area contributed by atoms with Crippen molar-refractivity contribution in [3.8, 4) is 5.75 Å². The number of carbonyl (C=O) groups is 1. The summed E-state index contributed by atoms with van der Waals surface area (Å²) < 4.78 is 5.38. The molecule has 0 aliphatic heterocycles. The van der Waals surface area contributed by atoms with Crippen LogP contribution in [0.25, 0.3) is 0 Å². The van der Waals surface area contributed by atoms with Crippen molar-refractivity contribution < 1.29 is 9.53 Å². The van der Waals surface area contributed by atoms with Gasteiger partial charge in [-0.25, -0.2) is 0 Å². The van der Waals surface area contributed by atoms with Crippen molar-refractivity contribution in [2.75, 3.05) is 17.2 Å². The van der Waals surface area contributed by atoms with Crippen LogP contribution in [0.3, 0.4) is 0 Å². The van der Waals surface area contributed by atoms with E-state index in [2.05, 4.69) is 20.8 Å². The molecule has 0 atom stereocenters. The molecule has 2 N–H and O–H groups in total. The van der Waals surface area contributed by atoms with Crippen LogP contribution in [-0.4, -0.2) is 22.7 Å². The summed E-state index contributed by atoms with van der Waals surface area (Å²) >= 11 is 6.12. The Morgan fingerprint density at radius 2 is 1.81 bits per heavy atom. The highest BCUT2D eigenvalue weighted by atomic mass is 35.5. The lowest BCUT2D eigenvalue weighted by Crippen LogP contribution is -2.15. The van der Waals surface area contributed by atoms with Crippen LogP contribution in [0.5, 0.6) is 5.75 Å². The Bertz CT molecular complexity index is 899. The zero-order chi connectivity index (χ0) is 19.1.